The van der Waals surface area contributed by atoms with E-state index in [0.717, 1.165) is 11.8 Å². The molecular formula is C18H14F3NO2S. The molecule has 0 radical (unpaired) electrons. The van der Waals surface area contributed by atoms with E-state index < -0.39 is 23.3 Å². The van der Waals surface area contributed by atoms with Crippen molar-refractivity contribution in [3.05, 3.63) is 71.8 Å². The molecule has 0 aliphatic heterocycles. The minimum atomic E-state index is -5.13. The minimum absolute atomic E-state index is 0.102. The lowest BCUT2D eigenvalue weighted by Crippen LogP contribution is -2.28. The molecule has 2 aromatic rings. The maximum Gasteiger partial charge on any atom is 0.455 e. The molecule has 0 aromatic heterocycles. The Morgan fingerprint density at radius 1 is 1.00 bits per heavy atom. The molecule has 0 heterocycles. The van der Waals surface area contributed by atoms with E-state index in [1.165, 1.54) is 18.4 Å². The number of para-hydroxylation sites is 1. The summed E-state index contributed by atoms with van der Waals surface area (Å²) in [6.45, 7) is 0. The van der Waals surface area contributed by atoms with Crippen molar-refractivity contribution in [3.8, 4) is 0 Å². The van der Waals surface area contributed by atoms with Gasteiger partial charge in [0.15, 0.2) is 0 Å². The van der Waals surface area contributed by atoms with E-state index in [4.69, 9.17) is 0 Å². The van der Waals surface area contributed by atoms with Gasteiger partial charge in [0.1, 0.15) is 16.4 Å². The van der Waals surface area contributed by atoms with Gasteiger partial charge in [-0.15, -0.1) is 11.8 Å². The second kappa shape index (κ2) is 8.02. The number of carbonyl (C=O) groups excluding carboxylic acids is 1. The summed E-state index contributed by atoms with van der Waals surface area (Å²) >= 11 is 0.852. The van der Waals surface area contributed by atoms with Crippen LogP contribution in [0.15, 0.2) is 71.2 Å². The fourth-order valence-electron chi connectivity index (χ4n) is 2.01. The number of thioether (sulfide) groups is 1. The van der Waals surface area contributed by atoms with Gasteiger partial charge in [0.25, 0.3) is 5.78 Å². The number of ketones is 1. The van der Waals surface area contributed by atoms with Crippen molar-refractivity contribution in [1.29, 1.82) is 0 Å². The van der Waals surface area contributed by atoms with Crippen LogP contribution in [0.1, 0.15) is 5.56 Å². The molecule has 1 N–H and O–H groups in total. The smallest absolute Gasteiger partial charge is 0.455 e. The average Bonchev–Trinajstić information content (AvgIpc) is 2.61. The Kier molecular flexibility index (Phi) is 6.03. The summed E-state index contributed by atoms with van der Waals surface area (Å²) in [7, 11) is 0. The van der Waals surface area contributed by atoms with Crippen LogP contribution >= 0.6 is 11.8 Å². The molecule has 0 unspecified atom stereocenters. The van der Waals surface area contributed by atoms with Gasteiger partial charge in [-0.05, 0) is 18.4 Å². The van der Waals surface area contributed by atoms with Crippen LogP contribution in [-0.2, 0) is 4.79 Å². The van der Waals surface area contributed by atoms with Crippen LogP contribution in [0.4, 0.5) is 18.9 Å². The van der Waals surface area contributed by atoms with Crippen LogP contribution < -0.4 is 0 Å². The molecule has 0 spiro atoms. The number of alkyl halides is 3. The van der Waals surface area contributed by atoms with E-state index in [9.17, 15) is 23.1 Å². The number of hydrogen-bond donors (Lipinski definition) is 1. The van der Waals surface area contributed by atoms with Crippen molar-refractivity contribution < 1.29 is 23.1 Å². The number of halogens is 3. The quantitative estimate of drug-likeness (QED) is 0.351. The molecule has 0 amide bonds. The van der Waals surface area contributed by atoms with Gasteiger partial charge in [0.05, 0.1) is 5.69 Å². The Morgan fingerprint density at radius 3 is 2.00 bits per heavy atom. The second-order valence-electron chi connectivity index (χ2n) is 4.87. The van der Waals surface area contributed by atoms with E-state index in [1.807, 2.05) is 0 Å². The van der Waals surface area contributed by atoms with Crippen LogP contribution in [0.5, 0.6) is 0 Å². The largest absolute Gasteiger partial charge is 0.506 e. The van der Waals surface area contributed by atoms with Crippen LogP contribution in [0.25, 0.3) is 5.76 Å². The summed E-state index contributed by atoms with van der Waals surface area (Å²) in [5.41, 5.74) is -0.389. The number of Topliss-reactive ketones (excluding diaryl/α,β-unsaturated/α-hetero) is 1. The molecule has 3 nitrogen and oxygen atoms in total. The number of aliphatic hydroxyl groups is 1. The van der Waals surface area contributed by atoms with Gasteiger partial charge in [0.2, 0.25) is 0 Å². The fraction of sp³-hybridized carbons (Fsp3) is 0.111. The van der Waals surface area contributed by atoms with Crippen molar-refractivity contribution in [2.24, 2.45) is 4.99 Å². The summed E-state index contributed by atoms with van der Waals surface area (Å²) in [6.07, 6.45) is -3.64. The van der Waals surface area contributed by atoms with E-state index >= 15 is 0 Å². The Morgan fingerprint density at radius 2 is 1.52 bits per heavy atom. The van der Waals surface area contributed by atoms with E-state index in [2.05, 4.69) is 4.99 Å². The Hall–Kier alpha value is -2.54. The van der Waals surface area contributed by atoms with E-state index in [1.54, 1.807) is 48.5 Å². The number of rotatable bonds is 4. The molecule has 2 aromatic carbocycles. The Bertz CT molecular complexity index is 800. The summed E-state index contributed by atoms with van der Waals surface area (Å²) in [4.78, 5) is 16.0. The molecule has 0 atom stereocenters. The number of benzene rings is 2. The van der Waals surface area contributed by atoms with Crippen molar-refractivity contribution in [2.45, 2.75) is 6.18 Å². The third kappa shape index (κ3) is 4.73. The minimum Gasteiger partial charge on any atom is -0.506 e. The predicted octanol–water partition coefficient (Wildman–Crippen LogP) is 5.18. The zero-order chi connectivity index (χ0) is 18.4. The Balaban J connectivity index is 2.66. The molecule has 0 aliphatic rings. The van der Waals surface area contributed by atoms with Gasteiger partial charge in [-0.3, -0.25) is 4.79 Å². The number of aliphatic hydroxyl groups excluding tert-OH is 1. The van der Waals surface area contributed by atoms with Gasteiger partial charge >= 0.3 is 6.18 Å². The molecule has 7 heteroatoms. The van der Waals surface area contributed by atoms with Crippen molar-refractivity contribution >= 4 is 34.0 Å². The van der Waals surface area contributed by atoms with E-state index in [-0.39, 0.29) is 10.6 Å². The van der Waals surface area contributed by atoms with Crippen molar-refractivity contribution in [3.63, 3.8) is 0 Å². The highest BCUT2D eigenvalue weighted by molar-refractivity contribution is 8.14. The van der Waals surface area contributed by atoms with Gasteiger partial charge in [0, 0.05) is 5.56 Å². The maximum atomic E-state index is 13.1. The second-order valence-corrected chi connectivity index (χ2v) is 5.67. The zero-order valence-electron chi connectivity index (χ0n) is 13.1. The highest BCUT2D eigenvalue weighted by Crippen LogP contribution is 2.30. The highest BCUT2D eigenvalue weighted by atomic mass is 32.2. The van der Waals surface area contributed by atoms with Crippen molar-refractivity contribution in [2.75, 3.05) is 6.26 Å². The molecule has 0 aliphatic carbocycles. The SMILES string of the molecule is CSC(=Nc1ccccc1)/C(C(=O)C(F)(F)F)=C(\O)c1ccccc1. The average molecular weight is 365 g/mol. The molecule has 25 heavy (non-hydrogen) atoms. The first-order chi connectivity index (χ1) is 11.8. The monoisotopic (exact) mass is 365 g/mol. The fourth-order valence-corrected chi connectivity index (χ4v) is 2.60. The summed E-state index contributed by atoms with van der Waals surface area (Å²) < 4.78 is 39.2. The first-order valence-corrected chi connectivity index (χ1v) is 8.35. The third-order valence-corrected chi connectivity index (χ3v) is 3.84. The predicted molar refractivity (Wildman–Crippen MR) is 94.1 cm³/mol. The first-order valence-electron chi connectivity index (χ1n) is 7.13. The van der Waals surface area contributed by atoms with Crippen LogP contribution in [0, 0.1) is 0 Å². The normalized spacial score (nSPS) is 13.4. The number of nitrogens with zero attached hydrogens (tertiary/aromatic N) is 1. The van der Waals surface area contributed by atoms with Gasteiger partial charge in [-0.2, -0.15) is 13.2 Å². The first kappa shape index (κ1) is 18.8. The van der Waals surface area contributed by atoms with E-state index in [0.29, 0.717) is 5.69 Å². The maximum absolute atomic E-state index is 13.1. The van der Waals surface area contributed by atoms with Gasteiger partial charge in [-0.25, -0.2) is 4.99 Å². The third-order valence-electron chi connectivity index (χ3n) is 3.16. The molecular weight excluding hydrogens is 351 g/mol. The number of hydrogen-bond acceptors (Lipinski definition) is 4. The summed E-state index contributed by atoms with van der Waals surface area (Å²) in [5, 5.41) is 10.1. The van der Waals surface area contributed by atoms with Crippen LogP contribution in [-0.4, -0.2) is 28.4 Å². The number of carbonyl (C=O) groups is 1. The number of aliphatic imine (C=N–C) groups is 1. The molecule has 0 saturated carbocycles. The highest BCUT2D eigenvalue weighted by Gasteiger charge is 2.44. The lowest BCUT2D eigenvalue weighted by Gasteiger charge is -2.13. The van der Waals surface area contributed by atoms with Crippen LogP contribution in [0.3, 0.4) is 0 Å². The van der Waals surface area contributed by atoms with Gasteiger partial charge in [-0.1, -0.05) is 48.5 Å². The lowest BCUT2D eigenvalue weighted by molar-refractivity contribution is -0.165. The summed E-state index contributed by atoms with van der Waals surface area (Å²) in [5.74, 6) is -2.90. The summed E-state index contributed by atoms with van der Waals surface area (Å²) in [6, 6.07) is 15.8. The zero-order valence-corrected chi connectivity index (χ0v) is 13.9. The molecule has 0 fully saturated rings. The van der Waals surface area contributed by atoms with Gasteiger partial charge < -0.3 is 5.11 Å². The topological polar surface area (TPSA) is 49.7 Å². The molecule has 2 rings (SSSR count). The molecule has 0 bridgehead atoms. The molecule has 130 valence electrons. The lowest BCUT2D eigenvalue weighted by atomic mass is 10.0. The standard InChI is InChI=1S/C18H14F3NO2S/c1-25-17(22-13-10-6-3-7-11-13)14(16(24)18(19,20)21)15(23)12-8-4-2-5-9-12/h2-11,23H,1H3/b15-14-,22-17?. The Labute approximate surface area is 146 Å². The van der Waals surface area contributed by atoms with Crippen LogP contribution in [0.2, 0.25) is 0 Å². The molecule has 0 saturated heterocycles. The van der Waals surface area contributed by atoms with Crippen molar-refractivity contribution in [1.82, 2.24) is 0 Å².